The van der Waals surface area contributed by atoms with Gasteiger partial charge in [0.25, 0.3) is 0 Å². The van der Waals surface area contributed by atoms with E-state index in [-0.39, 0.29) is 5.41 Å². The Morgan fingerprint density at radius 3 is 2.29 bits per heavy atom. The van der Waals surface area contributed by atoms with Gasteiger partial charge in [-0.2, -0.15) is 0 Å². The Labute approximate surface area is 139 Å². The molecule has 2 aliphatic carbocycles. The Hall–Kier alpha value is -2.48. The van der Waals surface area contributed by atoms with E-state index in [1.807, 2.05) is 0 Å². The lowest BCUT2D eigenvalue weighted by Crippen LogP contribution is -2.33. The van der Waals surface area contributed by atoms with Gasteiger partial charge in [0.05, 0.1) is 19.6 Å². The van der Waals surface area contributed by atoms with E-state index in [1.54, 1.807) is 18.2 Å². The minimum Gasteiger partial charge on any atom is -0.222 e. The first-order valence-corrected chi connectivity index (χ1v) is 7.82. The molecule has 2 saturated carbocycles. The zero-order valence-electron chi connectivity index (χ0n) is 13.4. The summed E-state index contributed by atoms with van der Waals surface area (Å²) in [4.78, 5) is 50.3. The molecule has 2 rings (SSSR count). The first-order valence-electron chi connectivity index (χ1n) is 7.82. The summed E-state index contributed by atoms with van der Waals surface area (Å²) < 4.78 is 0. The Morgan fingerprint density at radius 1 is 1.00 bits per heavy atom. The molecule has 0 spiro atoms. The second-order valence-electron chi connectivity index (χ2n) is 6.28. The summed E-state index contributed by atoms with van der Waals surface area (Å²) in [6, 6.07) is 0. The molecule has 2 fully saturated rings. The third-order valence-electron chi connectivity index (χ3n) is 5.20. The molecular formula is C16H20N4O4. The molecule has 0 aromatic carbocycles. The molecule has 24 heavy (non-hydrogen) atoms. The second-order valence-corrected chi connectivity index (χ2v) is 6.28. The van der Waals surface area contributed by atoms with Crippen molar-refractivity contribution in [2.24, 2.45) is 38.1 Å². The van der Waals surface area contributed by atoms with Gasteiger partial charge >= 0.3 is 0 Å². The van der Waals surface area contributed by atoms with Crippen molar-refractivity contribution in [3.05, 3.63) is 0 Å². The highest BCUT2D eigenvalue weighted by molar-refractivity contribution is 5.34. The van der Waals surface area contributed by atoms with Gasteiger partial charge in [-0.3, -0.25) is 0 Å². The van der Waals surface area contributed by atoms with Crippen molar-refractivity contribution in [1.82, 2.24) is 0 Å². The van der Waals surface area contributed by atoms with Crippen molar-refractivity contribution in [2.75, 3.05) is 19.6 Å². The fraction of sp³-hybridized carbons (Fsp3) is 0.750. The van der Waals surface area contributed by atoms with Crippen LogP contribution in [0.4, 0.5) is 0 Å². The zero-order valence-corrected chi connectivity index (χ0v) is 13.4. The highest BCUT2D eigenvalue weighted by Gasteiger charge is 2.55. The van der Waals surface area contributed by atoms with Gasteiger partial charge < -0.3 is 0 Å². The van der Waals surface area contributed by atoms with E-state index in [0.29, 0.717) is 37.4 Å². The number of nitrogens with zero attached hydrogens (tertiary/aromatic N) is 3. The molecule has 0 saturated heterocycles. The first kappa shape index (κ1) is 19.6. The molecule has 0 aliphatic heterocycles. The topological polar surface area (TPSA) is 129 Å². The third kappa shape index (κ3) is 5.02. The van der Waals surface area contributed by atoms with E-state index >= 15 is 0 Å². The molecule has 0 heterocycles. The van der Waals surface area contributed by atoms with Gasteiger partial charge in [-0.1, -0.05) is 0 Å². The number of isocyanates is 4. The maximum atomic E-state index is 10.5. The van der Waals surface area contributed by atoms with Crippen molar-refractivity contribution >= 4 is 24.3 Å². The lowest BCUT2D eigenvalue weighted by atomic mass is 9.71. The molecule has 0 radical (unpaired) electrons. The van der Waals surface area contributed by atoms with Crippen LogP contribution in [0, 0.1) is 28.6 Å². The number of fused-ring (bicyclic) bond motifs is 2. The molecule has 1 N–H and O–H groups in total. The van der Waals surface area contributed by atoms with Crippen molar-refractivity contribution in [3.63, 3.8) is 0 Å². The molecule has 0 amide bonds. The Kier molecular flexibility index (Phi) is 8.42. The Bertz CT molecular complexity index is 597. The van der Waals surface area contributed by atoms with Gasteiger partial charge in [-0.05, 0) is 55.3 Å². The number of nitrogens with one attached hydrogen (secondary N) is 1. The van der Waals surface area contributed by atoms with Crippen molar-refractivity contribution < 1.29 is 19.2 Å². The van der Waals surface area contributed by atoms with Crippen LogP contribution in [0.15, 0.2) is 15.0 Å². The standard InChI is InChI=1S/C15H19N3O3.CHNO/c19-9-16-3-1-2-12-5-15(8-18-11-21)6-13(12)4-14(15)7-17-10-20;2-1-3/h12-14H,1-8H2;2H. The number of hydrogen-bond acceptors (Lipinski definition) is 8. The van der Waals surface area contributed by atoms with Crippen LogP contribution in [-0.4, -0.2) is 44.0 Å². The maximum Gasteiger partial charge on any atom is 0.234 e. The molecule has 0 aromatic rings. The Balaban J connectivity index is 0.000000891. The van der Waals surface area contributed by atoms with Gasteiger partial charge in [0.2, 0.25) is 24.3 Å². The van der Waals surface area contributed by atoms with Crippen LogP contribution >= 0.6 is 0 Å². The van der Waals surface area contributed by atoms with Crippen molar-refractivity contribution in [1.29, 1.82) is 5.41 Å². The van der Waals surface area contributed by atoms with E-state index < -0.39 is 0 Å². The summed E-state index contributed by atoms with van der Waals surface area (Å²) in [7, 11) is 0. The summed E-state index contributed by atoms with van der Waals surface area (Å²) in [5.74, 6) is 1.49. The second kappa shape index (κ2) is 10.3. The monoisotopic (exact) mass is 332 g/mol. The molecule has 4 unspecified atom stereocenters. The van der Waals surface area contributed by atoms with E-state index in [2.05, 4.69) is 15.0 Å². The molecule has 8 nitrogen and oxygen atoms in total. The maximum absolute atomic E-state index is 10.5. The molecular weight excluding hydrogens is 312 g/mol. The Morgan fingerprint density at radius 2 is 1.67 bits per heavy atom. The largest absolute Gasteiger partial charge is 0.234 e. The molecule has 8 heteroatoms. The van der Waals surface area contributed by atoms with E-state index in [0.717, 1.165) is 38.2 Å². The molecule has 4 atom stereocenters. The summed E-state index contributed by atoms with van der Waals surface area (Å²) in [6.07, 6.45) is 10.5. The number of carbonyl (C=O) groups excluding carboxylic acids is 4. The van der Waals surface area contributed by atoms with Crippen LogP contribution in [0.25, 0.3) is 0 Å². The number of rotatable bonds is 8. The van der Waals surface area contributed by atoms with Crippen LogP contribution in [0.3, 0.4) is 0 Å². The smallest absolute Gasteiger partial charge is 0.222 e. The number of hydrogen-bond donors (Lipinski definition) is 1. The first-order chi connectivity index (χ1) is 11.7. The van der Waals surface area contributed by atoms with Crippen molar-refractivity contribution in [3.8, 4) is 0 Å². The summed E-state index contributed by atoms with van der Waals surface area (Å²) in [5.41, 5.74) is -0.0129. The van der Waals surface area contributed by atoms with Gasteiger partial charge in [0, 0.05) is 0 Å². The summed E-state index contributed by atoms with van der Waals surface area (Å²) >= 11 is 0. The average molecular weight is 332 g/mol. The van der Waals surface area contributed by atoms with E-state index in [9.17, 15) is 14.4 Å². The molecule has 128 valence electrons. The van der Waals surface area contributed by atoms with Crippen LogP contribution in [0.5, 0.6) is 0 Å². The van der Waals surface area contributed by atoms with Crippen LogP contribution in [-0.2, 0) is 19.2 Å². The zero-order chi connectivity index (χ0) is 17.8. The van der Waals surface area contributed by atoms with Gasteiger partial charge in [0.1, 0.15) is 0 Å². The lowest BCUT2D eigenvalue weighted by Gasteiger charge is -2.35. The third-order valence-corrected chi connectivity index (χ3v) is 5.20. The van der Waals surface area contributed by atoms with E-state index in [1.165, 1.54) is 0 Å². The van der Waals surface area contributed by atoms with Gasteiger partial charge in [-0.25, -0.2) is 39.6 Å². The SMILES string of the molecule is N=C=O.O=C=NCCCC1CC2(CN=C=O)CC1CC2CN=C=O. The fourth-order valence-electron chi connectivity index (χ4n) is 4.37. The number of aliphatic imine (C=N–C) groups is 3. The minimum atomic E-state index is -0.0129. The van der Waals surface area contributed by atoms with Gasteiger partial charge in [-0.15, -0.1) is 0 Å². The van der Waals surface area contributed by atoms with Crippen LogP contribution in [0.1, 0.15) is 32.1 Å². The van der Waals surface area contributed by atoms with Crippen LogP contribution < -0.4 is 0 Å². The minimum absolute atomic E-state index is 0.0129. The molecule has 2 aliphatic rings. The van der Waals surface area contributed by atoms with Crippen molar-refractivity contribution in [2.45, 2.75) is 32.1 Å². The predicted octanol–water partition coefficient (Wildman–Crippen LogP) is 1.71. The normalized spacial score (nSPS) is 29.1. The van der Waals surface area contributed by atoms with Gasteiger partial charge in [0.15, 0.2) is 0 Å². The lowest BCUT2D eigenvalue weighted by molar-refractivity contribution is 0.159. The predicted molar refractivity (Wildman–Crippen MR) is 83.4 cm³/mol. The average Bonchev–Trinajstić information content (AvgIpc) is 3.11. The van der Waals surface area contributed by atoms with Crippen LogP contribution in [0.2, 0.25) is 0 Å². The highest BCUT2D eigenvalue weighted by Crippen LogP contribution is 2.61. The summed E-state index contributed by atoms with van der Waals surface area (Å²) in [6.45, 7) is 1.50. The molecule has 0 aromatic heterocycles. The summed E-state index contributed by atoms with van der Waals surface area (Å²) in [5, 5.41) is 5.40. The molecule has 2 bridgehead atoms. The fourth-order valence-corrected chi connectivity index (χ4v) is 4.37. The quantitative estimate of drug-likeness (QED) is 0.412. The highest BCUT2D eigenvalue weighted by atomic mass is 16.1. The van der Waals surface area contributed by atoms with E-state index in [4.69, 9.17) is 10.2 Å².